The molecule has 0 radical (unpaired) electrons. The van der Waals surface area contributed by atoms with E-state index in [0.717, 1.165) is 6.42 Å². The third-order valence-electron chi connectivity index (χ3n) is 3.14. The molecule has 1 aromatic rings. The van der Waals surface area contributed by atoms with Crippen molar-refractivity contribution < 1.29 is 13.2 Å². The number of fused-ring (bicyclic) bond motifs is 1. The van der Waals surface area contributed by atoms with E-state index in [2.05, 4.69) is 0 Å². The van der Waals surface area contributed by atoms with E-state index < -0.39 is 15.6 Å². The Kier molecular flexibility index (Phi) is 3.76. The molecule has 19 heavy (non-hydrogen) atoms. The quantitative estimate of drug-likeness (QED) is 0.853. The number of unbranched alkanes of at least 4 members (excludes halogenated alkanes) is 1. The normalized spacial score (nSPS) is 17.7. The zero-order chi connectivity index (χ0) is 14.1. The minimum atomic E-state index is -3.28. The molecular weight excluding hydrogens is 262 g/mol. The molecule has 0 spiro atoms. The van der Waals surface area contributed by atoms with E-state index in [1.807, 2.05) is 39.0 Å². The van der Waals surface area contributed by atoms with Crippen LogP contribution in [-0.2, 0) is 10.0 Å². The average Bonchev–Trinajstić information content (AvgIpc) is 2.34. The van der Waals surface area contributed by atoms with Crippen molar-refractivity contribution >= 4 is 15.7 Å². The van der Waals surface area contributed by atoms with Gasteiger partial charge in [-0.15, -0.1) is 0 Å². The largest absolute Gasteiger partial charge is 0.484 e. The summed E-state index contributed by atoms with van der Waals surface area (Å²) in [6.07, 6.45) is 1.55. The minimum absolute atomic E-state index is 0.188. The predicted molar refractivity (Wildman–Crippen MR) is 77.2 cm³/mol. The van der Waals surface area contributed by atoms with Crippen LogP contribution in [0.1, 0.15) is 33.6 Å². The summed E-state index contributed by atoms with van der Waals surface area (Å²) in [5, 5.41) is 0. The standard InChI is InChI=1S/C14H21NO3S/c1-4-5-10-19(16,17)15-11-14(2,3)18-13-9-7-6-8-12(13)15/h6-9H,4-5,10-11H2,1-3H3. The average molecular weight is 283 g/mol. The molecule has 0 unspecified atom stereocenters. The number of ether oxygens (including phenoxy) is 1. The van der Waals surface area contributed by atoms with Gasteiger partial charge in [0.25, 0.3) is 0 Å². The Balaban J connectivity index is 2.40. The number of hydrogen-bond acceptors (Lipinski definition) is 3. The lowest BCUT2D eigenvalue weighted by atomic mass is 10.1. The van der Waals surface area contributed by atoms with Crippen LogP contribution in [0.2, 0.25) is 0 Å². The van der Waals surface area contributed by atoms with Crippen LogP contribution in [0.5, 0.6) is 5.75 Å². The van der Waals surface area contributed by atoms with Crippen molar-refractivity contribution in [3.8, 4) is 5.75 Å². The summed E-state index contributed by atoms with van der Waals surface area (Å²) in [6.45, 7) is 6.17. The van der Waals surface area contributed by atoms with Crippen LogP contribution in [0.4, 0.5) is 5.69 Å². The third-order valence-corrected chi connectivity index (χ3v) is 4.94. The first-order valence-corrected chi connectivity index (χ1v) is 8.25. The van der Waals surface area contributed by atoms with Gasteiger partial charge in [0.2, 0.25) is 10.0 Å². The van der Waals surface area contributed by atoms with Crippen LogP contribution in [0.15, 0.2) is 24.3 Å². The maximum absolute atomic E-state index is 12.5. The fraction of sp³-hybridized carbons (Fsp3) is 0.571. The van der Waals surface area contributed by atoms with Crippen LogP contribution in [0.3, 0.4) is 0 Å². The Bertz CT molecular complexity index is 552. The van der Waals surface area contributed by atoms with Gasteiger partial charge in [-0.3, -0.25) is 4.31 Å². The van der Waals surface area contributed by atoms with Gasteiger partial charge in [0, 0.05) is 0 Å². The molecule has 0 aliphatic carbocycles. The summed E-state index contributed by atoms with van der Waals surface area (Å²) < 4.78 is 32.3. The maximum atomic E-state index is 12.5. The van der Waals surface area contributed by atoms with Crippen molar-refractivity contribution in [1.29, 1.82) is 0 Å². The molecule has 1 heterocycles. The van der Waals surface area contributed by atoms with E-state index >= 15 is 0 Å². The molecule has 1 aromatic carbocycles. The van der Waals surface area contributed by atoms with Crippen molar-refractivity contribution in [3.05, 3.63) is 24.3 Å². The smallest absolute Gasteiger partial charge is 0.235 e. The molecule has 0 saturated carbocycles. The molecule has 1 aliphatic rings. The molecule has 0 fully saturated rings. The number of hydrogen-bond donors (Lipinski definition) is 0. The molecule has 1 aliphatic heterocycles. The number of rotatable bonds is 4. The van der Waals surface area contributed by atoms with E-state index in [9.17, 15) is 8.42 Å². The zero-order valence-corrected chi connectivity index (χ0v) is 12.5. The molecule has 0 bridgehead atoms. The lowest BCUT2D eigenvalue weighted by molar-refractivity contribution is 0.110. The first kappa shape index (κ1) is 14.2. The van der Waals surface area contributed by atoms with Gasteiger partial charge in [-0.1, -0.05) is 25.5 Å². The van der Waals surface area contributed by atoms with Gasteiger partial charge in [0.1, 0.15) is 11.4 Å². The van der Waals surface area contributed by atoms with E-state index in [1.165, 1.54) is 4.31 Å². The second kappa shape index (κ2) is 5.04. The van der Waals surface area contributed by atoms with Gasteiger partial charge < -0.3 is 4.74 Å². The summed E-state index contributed by atoms with van der Waals surface area (Å²) in [5.74, 6) is 0.826. The van der Waals surface area contributed by atoms with Gasteiger partial charge in [-0.05, 0) is 32.4 Å². The molecular formula is C14H21NO3S. The molecule has 2 rings (SSSR count). The summed E-state index contributed by atoms with van der Waals surface area (Å²) in [4.78, 5) is 0. The molecule has 0 amide bonds. The first-order chi connectivity index (χ1) is 8.86. The second-order valence-electron chi connectivity index (χ2n) is 5.51. The van der Waals surface area contributed by atoms with Crippen molar-refractivity contribution in [2.24, 2.45) is 0 Å². The topological polar surface area (TPSA) is 46.6 Å². The van der Waals surface area contributed by atoms with Crippen molar-refractivity contribution in [1.82, 2.24) is 0 Å². The molecule has 4 nitrogen and oxygen atoms in total. The summed E-state index contributed by atoms with van der Waals surface area (Å²) in [6, 6.07) is 7.31. The minimum Gasteiger partial charge on any atom is -0.484 e. The van der Waals surface area contributed by atoms with E-state index in [-0.39, 0.29) is 5.75 Å². The highest BCUT2D eigenvalue weighted by Crippen LogP contribution is 2.38. The highest BCUT2D eigenvalue weighted by molar-refractivity contribution is 7.92. The molecule has 0 N–H and O–H groups in total. The Morgan fingerprint density at radius 2 is 2.00 bits per heavy atom. The Morgan fingerprint density at radius 1 is 1.32 bits per heavy atom. The van der Waals surface area contributed by atoms with Crippen LogP contribution in [0, 0.1) is 0 Å². The summed E-state index contributed by atoms with van der Waals surface area (Å²) in [7, 11) is -3.28. The van der Waals surface area contributed by atoms with E-state index in [4.69, 9.17) is 4.74 Å². The Hall–Kier alpha value is -1.23. The van der Waals surface area contributed by atoms with Gasteiger partial charge >= 0.3 is 0 Å². The first-order valence-electron chi connectivity index (χ1n) is 6.64. The fourth-order valence-electron chi connectivity index (χ4n) is 2.20. The Labute approximate surface area is 115 Å². The van der Waals surface area contributed by atoms with Crippen molar-refractivity contribution in [3.63, 3.8) is 0 Å². The fourth-order valence-corrected chi connectivity index (χ4v) is 4.03. The maximum Gasteiger partial charge on any atom is 0.235 e. The number of anilines is 1. The second-order valence-corrected chi connectivity index (χ2v) is 7.52. The SMILES string of the molecule is CCCCS(=O)(=O)N1CC(C)(C)Oc2ccccc21. The molecule has 106 valence electrons. The third kappa shape index (κ3) is 3.03. The highest BCUT2D eigenvalue weighted by Gasteiger charge is 2.37. The van der Waals surface area contributed by atoms with Gasteiger partial charge in [0.05, 0.1) is 18.0 Å². The lowest BCUT2D eigenvalue weighted by Crippen LogP contribution is -2.49. The number of benzene rings is 1. The van der Waals surface area contributed by atoms with Crippen molar-refractivity contribution in [2.75, 3.05) is 16.6 Å². The number of para-hydroxylation sites is 2. The highest BCUT2D eigenvalue weighted by atomic mass is 32.2. The van der Waals surface area contributed by atoms with Gasteiger partial charge in [-0.25, -0.2) is 8.42 Å². The number of nitrogens with zero attached hydrogens (tertiary/aromatic N) is 1. The van der Waals surface area contributed by atoms with Crippen LogP contribution >= 0.6 is 0 Å². The molecule has 5 heteroatoms. The summed E-state index contributed by atoms with van der Waals surface area (Å²) in [5.41, 5.74) is 0.145. The molecule has 0 saturated heterocycles. The van der Waals surface area contributed by atoms with Crippen molar-refractivity contribution in [2.45, 2.75) is 39.2 Å². The van der Waals surface area contributed by atoms with Crippen LogP contribution in [0.25, 0.3) is 0 Å². The van der Waals surface area contributed by atoms with E-state index in [0.29, 0.717) is 24.4 Å². The van der Waals surface area contributed by atoms with E-state index in [1.54, 1.807) is 6.07 Å². The molecule has 0 aromatic heterocycles. The van der Waals surface area contributed by atoms with Crippen LogP contribution in [-0.4, -0.2) is 26.3 Å². The van der Waals surface area contributed by atoms with Gasteiger partial charge in [-0.2, -0.15) is 0 Å². The summed E-state index contributed by atoms with van der Waals surface area (Å²) >= 11 is 0. The monoisotopic (exact) mass is 283 g/mol. The van der Waals surface area contributed by atoms with Gasteiger partial charge in [0.15, 0.2) is 0 Å². The predicted octanol–water partition coefficient (Wildman–Crippen LogP) is 2.79. The van der Waals surface area contributed by atoms with Crippen LogP contribution < -0.4 is 9.04 Å². The molecule has 0 atom stereocenters. The Morgan fingerprint density at radius 3 is 2.68 bits per heavy atom. The number of sulfonamides is 1. The lowest BCUT2D eigenvalue weighted by Gasteiger charge is -2.40. The zero-order valence-electron chi connectivity index (χ0n) is 11.7.